The highest BCUT2D eigenvalue weighted by atomic mass is 16.6. The smallest absolute Gasteiger partial charge is 0.342 e. The summed E-state index contributed by atoms with van der Waals surface area (Å²) < 4.78 is 0. The molecule has 1 atom stereocenters. The normalized spacial score (nSPS) is 20.8. The van der Waals surface area contributed by atoms with E-state index in [1.165, 1.54) is 18.6 Å². The average Bonchev–Trinajstić information content (AvgIpc) is 2.37. The molecule has 1 unspecified atom stereocenters. The maximum atomic E-state index is 11.1. The van der Waals surface area contributed by atoms with Gasteiger partial charge in [0.25, 0.3) is 5.69 Å². The number of nitro groups is 1. The van der Waals surface area contributed by atoms with E-state index in [1.54, 1.807) is 6.07 Å². The van der Waals surface area contributed by atoms with E-state index in [2.05, 4.69) is 19.2 Å². The maximum absolute atomic E-state index is 11.1. The van der Waals surface area contributed by atoms with Crippen molar-refractivity contribution in [1.82, 2.24) is 0 Å². The molecular weight excluding hydrogens is 272 g/mol. The lowest BCUT2D eigenvalue weighted by Gasteiger charge is -2.36. The van der Waals surface area contributed by atoms with Gasteiger partial charge in [0.2, 0.25) is 0 Å². The Labute approximate surface area is 123 Å². The van der Waals surface area contributed by atoms with Crippen LogP contribution in [0.1, 0.15) is 49.9 Å². The summed E-state index contributed by atoms with van der Waals surface area (Å²) in [5.74, 6) is -1.28. The first kappa shape index (κ1) is 15.3. The summed E-state index contributed by atoms with van der Waals surface area (Å²) >= 11 is 0. The number of carboxylic acids is 1. The Kier molecular flexibility index (Phi) is 4.16. The van der Waals surface area contributed by atoms with Gasteiger partial charge in [0.1, 0.15) is 5.56 Å². The predicted octanol–water partition coefficient (Wildman–Crippen LogP) is 3.67. The van der Waals surface area contributed by atoms with Crippen molar-refractivity contribution in [1.29, 1.82) is 0 Å². The zero-order valence-corrected chi connectivity index (χ0v) is 12.3. The van der Waals surface area contributed by atoms with Gasteiger partial charge >= 0.3 is 5.97 Å². The molecule has 1 aliphatic rings. The highest BCUT2D eigenvalue weighted by Gasteiger charge is 2.28. The molecule has 0 spiro atoms. The van der Waals surface area contributed by atoms with Crippen LogP contribution >= 0.6 is 0 Å². The van der Waals surface area contributed by atoms with Crippen LogP contribution in [0.5, 0.6) is 0 Å². The molecule has 1 fully saturated rings. The van der Waals surface area contributed by atoms with E-state index in [0.717, 1.165) is 19.3 Å². The van der Waals surface area contributed by atoms with Gasteiger partial charge in [-0.2, -0.15) is 0 Å². The first-order valence-corrected chi connectivity index (χ1v) is 7.07. The van der Waals surface area contributed by atoms with Crippen molar-refractivity contribution >= 4 is 17.3 Å². The Bertz CT molecular complexity index is 569. The van der Waals surface area contributed by atoms with Crippen molar-refractivity contribution in [2.45, 2.75) is 45.6 Å². The van der Waals surface area contributed by atoms with Gasteiger partial charge in [-0.25, -0.2) is 4.79 Å². The van der Waals surface area contributed by atoms with Crippen LogP contribution in [0, 0.1) is 15.5 Å². The summed E-state index contributed by atoms with van der Waals surface area (Å²) in [5.41, 5.74) is 0.240. The summed E-state index contributed by atoms with van der Waals surface area (Å²) in [5, 5.41) is 23.2. The van der Waals surface area contributed by atoms with Crippen LogP contribution in [0.25, 0.3) is 0 Å². The van der Waals surface area contributed by atoms with Crippen molar-refractivity contribution < 1.29 is 14.8 Å². The first-order chi connectivity index (χ1) is 9.78. The van der Waals surface area contributed by atoms with Gasteiger partial charge in [0, 0.05) is 17.8 Å². The van der Waals surface area contributed by atoms with Gasteiger partial charge in [-0.05, 0) is 36.8 Å². The lowest BCUT2D eigenvalue weighted by molar-refractivity contribution is -0.385. The number of hydrogen-bond donors (Lipinski definition) is 2. The number of nitrogens with zero attached hydrogens (tertiary/aromatic N) is 1. The molecule has 0 radical (unpaired) electrons. The molecule has 1 saturated carbocycles. The number of benzene rings is 1. The van der Waals surface area contributed by atoms with Crippen molar-refractivity contribution in [3.05, 3.63) is 33.9 Å². The highest BCUT2D eigenvalue weighted by molar-refractivity contribution is 5.93. The molecular formula is C15H20N2O4. The molecule has 0 amide bonds. The fourth-order valence-corrected chi connectivity index (χ4v) is 3.01. The van der Waals surface area contributed by atoms with Crippen LogP contribution in [0.2, 0.25) is 0 Å². The van der Waals surface area contributed by atoms with E-state index < -0.39 is 10.9 Å². The molecule has 2 rings (SSSR count). The molecule has 0 saturated heterocycles. The van der Waals surface area contributed by atoms with Gasteiger partial charge in [-0.15, -0.1) is 0 Å². The van der Waals surface area contributed by atoms with Crippen LogP contribution in [-0.4, -0.2) is 22.0 Å². The monoisotopic (exact) mass is 292 g/mol. The molecule has 1 aromatic rings. The van der Waals surface area contributed by atoms with Crippen LogP contribution in [0.4, 0.5) is 11.4 Å². The van der Waals surface area contributed by atoms with Crippen molar-refractivity contribution in [2.24, 2.45) is 5.41 Å². The summed E-state index contributed by atoms with van der Waals surface area (Å²) in [7, 11) is 0. The molecule has 0 bridgehead atoms. The van der Waals surface area contributed by atoms with Gasteiger partial charge in [-0.3, -0.25) is 10.1 Å². The molecule has 1 aromatic carbocycles. The second-order valence-electron chi connectivity index (χ2n) is 6.40. The minimum Gasteiger partial charge on any atom is -0.477 e. The first-order valence-electron chi connectivity index (χ1n) is 7.07. The molecule has 6 heteroatoms. The zero-order valence-electron chi connectivity index (χ0n) is 12.3. The van der Waals surface area contributed by atoms with E-state index in [1.807, 2.05) is 0 Å². The third-order valence-corrected chi connectivity index (χ3v) is 4.00. The molecule has 21 heavy (non-hydrogen) atoms. The largest absolute Gasteiger partial charge is 0.477 e. The second-order valence-corrected chi connectivity index (χ2v) is 6.40. The molecule has 0 heterocycles. The van der Waals surface area contributed by atoms with Crippen molar-refractivity contribution in [2.75, 3.05) is 5.32 Å². The number of hydrogen-bond acceptors (Lipinski definition) is 4. The Hall–Kier alpha value is -2.11. The lowest BCUT2D eigenvalue weighted by atomic mass is 9.75. The third kappa shape index (κ3) is 3.71. The van der Waals surface area contributed by atoms with Crippen molar-refractivity contribution in [3.8, 4) is 0 Å². The van der Waals surface area contributed by atoms with Crippen LogP contribution < -0.4 is 5.32 Å². The second kappa shape index (κ2) is 5.71. The molecule has 0 aromatic heterocycles. The Balaban J connectivity index is 2.19. The predicted molar refractivity (Wildman–Crippen MR) is 79.7 cm³/mol. The summed E-state index contributed by atoms with van der Waals surface area (Å²) in [4.78, 5) is 21.3. The quantitative estimate of drug-likeness (QED) is 0.652. The fourth-order valence-electron chi connectivity index (χ4n) is 3.01. The van der Waals surface area contributed by atoms with Gasteiger partial charge in [0.15, 0.2) is 0 Å². The Morgan fingerprint density at radius 2 is 2.19 bits per heavy atom. The van der Waals surface area contributed by atoms with E-state index in [0.29, 0.717) is 5.69 Å². The number of rotatable bonds is 4. The number of anilines is 1. The van der Waals surface area contributed by atoms with Crippen LogP contribution in [0.3, 0.4) is 0 Å². The summed E-state index contributed by atoms with van der Waals surface area (Å²) in [6.07, 6.45) is 4.35. The Morgan fingerprint density at radius 3 is 2.76 bits per heavy atom. The Morgan fingerprint density at radius 1 is 1.48 bits per heavy atom. The van der Waals surface area contributed by atoms with E-state index in [9.17, 15) is 14.9 Å². The van der Waals surface area contributed by atoms with Gasteiger partial charge < -0.3 is 10.4 Å². The molecule has 1 aliphatic carbocycles. The summed E-state index contributed by atoms with van der Waals surface area (Å²) in [6, 6.07) is 4.45. The van der Waals surface area contributed by atoms with Crippen LogP contribution in [0.15, 0.2) is 18.2 Å². The standard InChI is InChI=1S/C15H20N2O4/c1-15(2)7-3-4-11(9-15)16-10-5-6-13(17(20)21)12(8-10)14(18)19/h5-6,8,11,16H,3-4,7,9H2,1-2H3,(H,18,19). The fraction of sp³-hybridized carbons (Fsp3) is 0.533. The zero-order chi connectivity index (χ0) is 15.6. The summed E-state index contributed by atoms with van der Waals surface area (Å²) in [6.45, 7) is 4.44. The number of nitrogens with one attached hydrogen (secondary N) is 1. The number of carbonyl (C=O) groups is 1. The lowest BCUT2D eigenvalue weighted by Crippen LogP contribution is -2.31. The van der Waals surface area contributed by atoms with Crippen molar-refractivity contribution in [3.63, 3.8) is 0 Å². The van der Waals surface area contributed by atoms with E-state index in [-0.39, 0.29) is 22.7 Å². The molecule has 2 N–H and O–H groups in total. The molecule has 0 aliphatic heterocycles. The van der Waals surface area contributed by atoms with Gasteiger partial charge in [0.05, 0.1) is 4.92 Å². The topological polar surface area (TPSA) is 92.5 Å². The average molecular weight is 292 g/mol. The minimum atomic E-state index is -1.28. The number of aromatic carboxylic acids is 1. The molecule has 114 valence electrons. The third-order valence-electron chi connectivity index (χ3n) is 4.00. The highest BCUT2D eigenvalue weighted by Crippen LogP contribution is 2.36. The minimum absolute atomic E-state index is 0.270. The number of carboxylic acid groups (broad SMARTS) is 1. The van der Waals surface area contributed by atoms with Gasteiger partial charge in [-0.1, -0.05) is 20.3 Å². The maximum Gasteiger partial charge on any atom is 0.342 e. The SMILES string of the molecule is CC1(C)CCCC(Nc2ccc([N+](=O)[O-])c(C(=O)O)c2)C1. The van der Waals surface area contributed by atoms with Crippen LogP contribution in [-0.2, 0) is 0 Å². The number of nitro benzene ring substituents is 1. The van der Waals surface area contributed by atoms with E-state index in [4.69, 9.17) is 5.11 Å². The van der Waals surface area contributed by atoms with E-state index >= 15 is 0 Å². The molecule has 6 nitrogen and oxygen atoms in total.